The van der Waals surface area contributed by atoms with Crippen molar-refractivity contribution in [1.82, 2.24) is 9.97 Å². The summed E-state index contributed by atoms with van der Waals surface area (Å²) >= 11 is 1.61. The molecule has 0 aliphatic carbocycles. The molecule has 0 amide bonds. The maximum absolute atomic E-state index is 5.49. The van der Waals surface area contributed by atoms with Gasteiger partial charge in [-0.3, -0.25) is 5.43 Å². The van der Waals surface area contributed by atoms with E-state index in [-0.39, 0.29) is 0 Å². The maximum Gasteiger partial charge on any atom is 0.240 e. The molecule has 2 aromatic rings. The van der Waals surface area contributed by atoms with Gasteiger partial charge in [-0.05, 0) is 23.3 Å². The summed E-state index contributed by atoms with van der Waals surface area (Å²) in [5, 5.41) is 3.15. The fraction of sp³-hybridized carbons (Fsp3) is 0.571. The average Bonchev–Trinajstić information content (AvgIpc) is 2.83. The van der Waals surface area contributed by atoms with Gasteiger partial charge in [0.1, 0.15) is 10.6 Å². The van der Waals surface area contributed by atoms with Crippen molar-refractivity contribution in [3.05, 3.63) is 11.4 Å². The fourth-order valence-electron chi connectivity index (χ4n) is 2.27. The Labute approximate surface area is 124 Å². The van der Waals surface area contributed by atoms with Crippen molar-refractivity contribution in [2.24, 2.45) is 17.7 Å². The molecule has 0 saturated carbocycles. The summed E-state index contributed by atoms with van der Waals surface area (Å²) in [6.07, 6.45) is 0. The van der Waals surface area contributed by atoms with Gasteiger partial charge in [0, 0.05) is 13.1 Å². The van der Waals surface area contributed by atoms with Gasteiger partial charge < -0.3 is 4.90 Å². The molecular weight excluding hydrogens is 270 g/mol. The van der Waals surface area contributed by atoms with E-state index in [0.717, 1.165) is 29.1 Å². The first-order valence-corrected chi connectivity index (χ1v) is 7.86. The van der Waals surface area contributed by atoms with Crippen LogP contribution in [0.25, 0.3) is 10.2 Å². The topological polar surface area (TPSA) is 67.1 Å². The van der Waals surface area contributed by atoms with Crippen molar-refractivity contribution in [3.8, 4) is 0 Å². The van der Waals surface area contributed by atoms with E-state index in [0.29, 0.717) is 17.8 Å². The molecule has 2 heterocycles. The Morgan fingerprint density at radius 2 is 1.85 bits per heavy atom. The number of anilines is 2. The minimum absolute atomic E-state index is 0.479. The normalized spacial score (nSPS) is 11.6. The lowest BCUT2D eigenvalue weighted by Crippen LogP contribution is -2.32. The maximum atomic E-state index is 5.49. The van der Waals surface area contributed by atoms with Crippen molar-refractivity contribution in [2.45, 2.75) is 27.7 Å². The number of nitrogen functional groups attached to an aromatic ring is 1. The molecule has 0 unspecified atom stereocenters. The highest BCUT2D eigenvalue weighted by molar-refractivity contribution is 7.16. The van der Waals surface area contributed by atoms with Crippen molar-refractivity contribution in [2.75, 3.05) is 23.4 Å². The Balaban J connectivity index is 2.47. The van der Waals surface area contributed by atoms with Crippen molar-refractivity contribution in [1.29, 1.82) is 0 Å². The number of hydrazine groups is 1. The van der Waals surface area contributed by atoms with E-state index in [4.69, 9.17) is 5.84 Å². The lowest BCUT2D eigenvalue weighted by Gasteiger charge is -2.28. The Morgan fingerprint density at radius 1 is 1.20 bits per heavy atom. The number of nitrogens with zero attached hydrogens (tertiary/aromatic N) is 3. The smallest absolute Gasteiger partial charge is 0.240 e. The van der Waals surface area contributed by atoms with Crippen LogP contribution in [0.5, 0.6) is 0 Å². The molecule has 0 saturated heterocycles. The Bertz CT molecular complexity index is 554. The molecule has 110 valence electrons. The van der Waals surface area contributed by atoms with Crippen LogP contribution in [0.2, 0.25) is 0 Å². The van der Waals surface area contributed by atoms with E-state index in [1.165, 1.54) is 0 Å². The summed E-state index contributed by atoms with van der Waals surface area (Å²) < 4.78 is 0. The third-order valence-electron chi connectivity index (χ3n) is 2.90. The fourth-order valence-corrected chi connectivity index (χ4v) is 3.03. The molecule has 2 rings (SSSR count). The van der Waals surface area contributed by atoms with Gasteiger partial charge in [0.25, 0.3) is 0 Å². The van der Waals surface area contributed by atoms with Gasteiger partial charge in [0.15, 0.2) is 0 Å². The number of aromatic nitrogens is 2. The number of nitrogens with two attached hydrogens (primary N) is 1. The van der Waals surface area contributed by atoms with Crippen LogP contribution in [-0.2, 0) is 0 Å². The number of nitrogens with one attached hydrogen (secondary N) is 1. The molecular formula is C14H23N5S. The SMILES string of the molecule is CC(C)CN(CC(C)C)c1nc(NN)nc2sccc12. The first-order valence-electron chi connectivity index (χ1n) is 6.98. The van der Waals surface area contributed by atoms with Gasteiger partial charge >= 0.3 is 0 Å². The van der Waals surface area contributed by atoms with Gasteiger partial charge in [-0.25, -0.2) is 10.8 Å². The van der Waals surface area contributed by atoms with Gasteiger partial charge in [0.2, 0.25) is 5.95 Å². The van der Waals surface area contributed by atoms with Gasteiger partial charge in [-0.2, -0.15) is 4.98 Å². The van der Waals surface area contributed by atoms with E-state index in [2.05, 4.69) is 54.1 Å². The zero-order valence-electron chi connectivity index (χ0n) is 12.6. The number of rotatable bonds is 6. The third kappa shape index (κ3) is 3.37. The first kappa shape index (κ1) is 15.0. The molecule has 0 atom stereocenters. The minimum atomic E-state index is 0.479. The molecule has 0 aromatic carbocycles. The van der Waals surface area contributed by atoms with Crippen LogP contribution < -0.4 is 16.2 Å². The van der Waals surface area contributed by atoms with E-state index < -0.39 is 0 Å². The van der Waals surface area contributed by atoms with Crippen molar-refractivity contribution >= 4 is 33.3 Å². The van der Waals surface area contributed by atoms with E-state index >= 15 is 0 Å². The predicted molar refractivity (Wildman–Crippen MR) is 87.1 cm³/mol. The number of thiophene rings is 1. The van der Waals surface area contributed by atoms with Gasteiger partial charge in [-0.15, -0.1) is 11.3 Å². The summed E-state index contributed by atoms with van der Waals surface area (Å²) in [5.74, 6) is 8.10. The average molecular weight is 293 g/mol. The van der Waals surface area contributed by atoms with Crippen LogP contribution in [0.4, 0.5) is 11.8 Å². The largest absolute Gasteiger partial charge is 0.355 e. The van der Waals surface area contributed by atoms with Gasteiger partial charge in [-0.1, -0.05) is 27.7 Å². The quantitative estimate of drug-likeness (QED) is 0.633. The molecule has 5 nitrogen and oxygen atoms in total. The van der Waals surface area contributed by atoms with E-state index in [9.17, 15) is 0 Å². The molecule has 0 radical (unpaired) electrons. The summed E-state index contributed by atoms with van der Waals surface area (Å²) in [5.41, 5.74) is 2.57. The monoisotopic (exact) mass is 293 g/mol. The van der Waals surface area contributed by atoms with Crippen molar-refractivity contribution in [3.63, 3.8) is 0 Å². The van der Waals surface area contributed by atoms with Crippen LogP contribution in [0.1, 0.15) is 27.7 Å². The molecule has 6 heteroatoms. The summed E-state index contributed by atoms with van der Waals surface area (Å²) in [6, 6.07) is 2.09. The second-order valence-electron chi connectivity index (χ2n) is 5.85. The van der Waals surface area contributed by atoms with Crippen LogP contribution in [-0.4, -0.2) is 23.1 Å². The highest BCUT2D eigenvalue weighted by Crippen LogP contribution is 2.29. The van der Waals surface area contributed by atoms with E-state index in [1.54, 1.807) is 11.3 Å². The van der Waals surface area contributed by atoms with Gasteiger partial charge in [0.05, 0.1) is 5.39 Å². The third-order valence-corrected chi connectivity index (χ3v) is 3.71. The molecule has 0 spiro atoms. The summed E-state index contributed by atoms with van der Waals surface area (Å²) in [6.45, 7) is 10.8. The second-order valence-corrected chi connectivity index (χ2v) is 6.74. The zero-order valence-corrected chi connectivity index (χ0v) is 13.4. The summed E-state index contributed by atoms with van der Waals surface area (Å²) in [7, 11) is 0. The van der Waals surface area contributed by atoms with Crippen LogP contribution >= 0.6 is 11.3 Å². The number of hydrogen-bond acceptors (Lipinski definition) is 6. The molecule has 0 bridgehead atoms. The minimum Gasteiger partial charge on any atom is -0.355 e. The van der Waals surface area contributed by atoms with Crippen LogP contribution in [0, 0.1) is 11.8 Å². The van der Waals surface area contributed by atoms with Crippen molar-refractivity contribution < 1.29 is 0 Å². The highest BCUT2D eigenvalue weighted by atomic mass is 32.1. The molecule has 0 aliphatic heterocycles. The molecule has 0 fully saturated rings. The Hall–Kier alpha value is -1.40. The highest BCUT2D eigenvalue weighted by Gasteiger charge is 2.17. The molecule has 20 heavy (non-hydrogen) atoms. The molecule has 0 aliphatic rings. The zero-order chi connectivity index (χ0) is 14.7. The Morgan fingerprint density at radius 3 is 2.40 bits per heavy atom. The standard InChI is InChI=1S/C14H23N5S/c1-9(2)7-19(8-10(3)4)12-11-5-6-20-13(11)17-14(16-12)18-15/h5-6,9-10H,7-8,15H2,1-4H3,(H,16,17,18). The Kier molecular flexibility index (Phi) is 4.77. The predicted octanol–water partition coefficient (Wildman–Crippen LogP) is 3.10. The molecule has 2 aromatic heterocycles. The van der Waals surface area contributed by atoms with Crippen LogP contribution in [0.3, 0.4) is 0 Å². The lowest BCUT2D eigenvalue weighted by atomic mass is 10.1. The number of hydrogen-bond donors (Lipinski definition) is 2. The number of fused-ring (bicyclic) bond motifs is 1. The first-order chi connectivity index (χ1) is 9.51. The lowest BCUT2D eigenvalue weighted by molar-refractivity contribution is 0.550. The second kappa shape index (κ2) is 6.37. The van der Waals surface area contributed by atoms with E-state index in [1.807, 2.05) is 5.38 Å². The summed E-state index contributed by atoms with van der Waals surface area (Å²) in [4.78, 5) is 12.3. The molecule has 3 N–H and O–H groups in total. The van der Waals surface area contributed by atoms with Crippen LogP contribution in [0.15, 0.2) is 11.4 Å².